The van der Waals surface area contributed by atoms with Gasteiger partial charge in [-0.25, -0.2) is 4.98 Å². The Hall–Kier alpha value is -3.61. The van der Waals surface area contributed by atoms with Gasteiger partial charge in [-0.1, -0.05) is 10.4 Å². The van der Waals surface area contributed by atoms with Gasteiger partial charge in [0, 0.05) is 0 Å². The second kappa shape index (κ2) is 7.70. The third kappa shape index (κ3) is 3.00. The van der Waals surface area contributed by atoms with Crippen LogP contribution < -0.4 is 0 Å². The van der Waals surface area contributed by atoms with Crippen LogP contribution in [0.4, 0.5) is 0 Å². The van der Waals surface area contributed by atoms with Crippen LogP contribution in [0.3, 0.4) is 0 Å². The molecule has 2 aromatic carbocycles. The Kier molecular flexibility index (Phi) is 5.09. The third-order valence-corrected chi connectivity index (χ3v) is 8.55. The van der Waals surface area contributed by atoms with Gasteiger partial charge in [-0.05, 0) is 137 Å². The van der Waals surface area contributed by atoms with Crippen molar-refractivity contribution in [3.05, 3.63) is 61.2 Å². The van der Waals surface area contributed by atoms with Crippen LogP contribution in [-0.2, 0) is 0 Å². The van der Waals surface area contributed by atoms with E-state index in [9.17, 15) is 0 Å². The maximum absolute atomic E-state index is 5.18. The summed E-state index contributed by atoms with van der Waals surface area (Å²) in [6, 6.07) is 0. The molecule has 180 valence electrons. The summed E-state index contributed by atoms with van der Waals surface area (Å²) in [5.74, 6) is 1.55. The number of hydrogen-bond donors (Lipinski definition) is 0. The molecular weight excluding hydrogens is 434 g/mol. The Bertz CT molecular complexity index is 1580. The van der Waals surface area contributed by atoms with Crippen LogP contribution in [0.25, 0.3) is 33.7 Å². The van der Waals surface area contributed by atoms with Crippen LogP contribution >= 0.6 is 0 Å². The van der Waals surface area contributed by atoms with Gasteiger partial charge in [0.05, 0.1) is 11.0 Å². The largest absolute Gasteiger partial charge is 0.209 e. The van der Waals surface area contributed by atoms with Gasteiger partial charge in [0.2, 0.25) is 0 Å². The number of benzene rings is 2. The standard InChI is InChI=1S/C28H33N7/c1-12-14(3)19(8)25-23(17(12)6)30-32-34(25)27-21(10)16(5)22(11)28(29-27)35-26-20(9)15(4)13(2)18(7)24(26)31-33-35/h1-11H3. The Balaban J connectivity index is 1.87. The fraction of sp³-hybridized carbons (Fsp3) is 0.393. The van der Waals surface area contributed by atoms with Crippen molar-refractivity contribution in [2.45, 2.75) is 76.2 Å². The molecule has 3 aromatic heterocycles. The first kappa shape index (κ1) is 23.1. The second-order valence-corrected chi connectivity index (χ2v) is 10.0. The summed E-state index contributed by atoms with van der Waals surface area (Å²) in [6.07, 6.45) is 0. The second-order valence-electron chi connectivity index (χ2n) is 10.0. The number of pyridine rings is 1. The lowest BCUT2D eigenvalue weighted by molar-refractivity contribution is 0.755. The van der Waals surface area contributed by atoms with Crippen molar-refractivity contribution >= 4 is 22.1 Å². The highest BCUT2D eigenvalue weighted by Crippen LogP contribution is 2.33. The summed E-state index contributed by atoms with van der Waals surface area (Å²) >= 11 is 0. The Morgan fingerprint density at radius 2 is 0.686 bits per heavy atom. The van der Waals surface area contributed by atoms with E-state index in [0.29, 0.717) is 0 Å². The van der Waals surface area contributed by atoms with Gasteiger partial charge in [0.25, 0.3) is 0 Å². The van der Waals surface area contributed by atoms with E-state index >= 15 is 0 Å². The summed E-state index contributed by atoms with van der Waals surface area (Å²) in [7, 11) is 0. The first-order chi connectivity index (χ1) is 16.5. The first-order valence-electron chi connectivity index (χ1n) is 12.1. The lowest BCUT2D eigenvalue weighted by Gasteiger charge is -2.17. The molecule has 0 saturated carbocycles. The summed E-state index contributed by atoms with van der Waals surface area (Å²) in [4.78, 5) is 5.18. The fourth-order valence-corrected chi connectivity index (χ4v) is 5.17. The normalized spacial score (nSPS) is 11.9. The predicted molar refractivity (Wildman–Crippen MR) is 141 cm³/mol. The van der Waals surface area contributed by atoms with Crippen LogP contribution in [0.15, 0.2) is 0 Å². The molecule has 5 aromatic rings. The molecule has 5 rings (SSSR count). The molecule has 0 aliphatic rings. The number of aryl methyl sites for hydroxylation is 4. The zero-order valence-corrected chi connectivity index (χ0v) is 22.6. The van der Waals surface area contributed by atoms with E-state index in [0.717, 1.165) is 61.5 Å². The average molecular weight is 468 g/mol. The molecule has 0 amide bonds. The number of nitrogens with zero attached hydrogens (tertiary/aromatic N) is 7. The molecule has 7 heteroatoms. The molecule has 0 atom stereocenters. The minimum Gasteiger partial charge on any atom is -0.209 e. The summed E-state index contributed by atoms with van der Waals surface area (Å²) in [5.41, 5.74) is 16.9. The topological polar surface area (TPSA) is 74.3 Å². The summed E-state index contributed by atoms with van der Waals surface area (Å²) in [6.45, 7) is 23.5. The van der Waals surface area contributed by atoms with E-state index in [1.54, 1.807) is 0 Å². The number of rotatable bonds is 2. The molecule has 0 fully saturated rings. The molecule has 0 saturated heterocycles. The van der Waals surface area contributed by atoms with Crippen LogP contribution in [0, 0.1) is 76.2 Å². The van der Waals surface area contributed by atoms with Crippen molar-refractivity contribution < 1.29 is 0 Å². The molecule has 7 nitrogen and oxygen atoms in total. The quantitative estimate of drug-likeness (QED) is 0.321. The van der Waals surface area contributed by atoms with Gasteiger partial charge in [-0.15, -0.1) is 10.2 Å². The van der Waals surface area contributed by atoms with Crippen molar-refractivity contribution in [1.29, 1.82) is 0 Å². The van der Waals surface area contributed by atoms with Crippen LogP contribution in [0.2, 0.25) is 0 Å². The minimum atomic E-state index is 0.776. The van der Waals surface area contributed by atoms with E-state index in [4.69, 9.17) is 4.98 Å². The monoisotopic (exact) mass is 467 g/mol. The molecule has 0 spiro atoms. The lowest BCUT2D eigenvalue weighted by Crippen LogP contribution is -2.13. The predicted octanol–water partition coefficient (Wildman–Crippen LogP) is 5.94. The summed E-state index contributed by atoms with van der Waals surface area (Å²) in [5, 5.41) is 18.4. The van der Waals surface area contributed by atoms with Gasteiger partial charge in [-0.2, -0.15) is 9.36 Å². The van der Waals surface area contributed by atoms with E-state index in [1.165, 1.54) is 33.4 Å². The van der Waals surface area contributed by atoms with Crippen molar-refractivity contribution in [1.82, 2.24) is 35.0 Å². The molecule has 3 heterocycles. The van der Waals surface area contributed by atoms with Gasteiger partial charge in [0.1, 0.15) is 11.0 Å². The lowest BCUT2D eigenvalue weighted by atomic mass is 9.97. The molecule has 35 heavy (non-hydrogen) atoms. The van der Waals surface area contributed by atoms with E-state index in [-0.39, 0.29) is 0 Å². The average Bonchev–Trinajstić information content (AvgIpc) is 3.48. The fourth-order valence-electron chi connectivity index (χ4n) is 5.17. The van der Waals surface area contributed by atoms with Crippen molar-refractivity contribution in [3.8, 4) is 11.6 Å². The first-order valence-corrected chi connectivity index (χ1v) is 12.1. The highest BCUT2D eigenvalue weighted by atomic mass is 15.5. The molecule has 0 aliphatic heterocycles. The van der Waals surface area contributed by atoms with Crippen LogP contribution in [-0.4, -0.2) is 35.0 Å². The SMILES string of the molecule is Cc1c(-n2nnc3c(C)c(C)c(C)c(C)c32)nc(-n2nnc3c(C)c(C)c(C)c(C)c32)c(C)c1C. The maximum atomic E-state index is 5.18. The molecule has 0 unspecified atom stereocenters. The number of aromatic nitrogens is 7. The molecule has 0 N–H and O–H groups in total. The number of fused-ring (bicyclic) bond motifs is 2. The smallest absolute Gasteiger partial charge is 0.161 e. The zero-order valence-electron chi connectivity index (χ0n) is 22.6. The minimum absolute atomic E-state index is 0.776. The Morgan fingerprint density at radius 3 is 1.06 bits per heavy atom. The van der Waals surface area contributed by atoms with E-state index in [2.05, 4.69) is 96.8 Å². The maximum Gasteiger partial charge on any atom is 0.161 e. The van der Waals surface area contributed by atoms with Crippen molar-refractivity contribution in [2.24, 2.45) is 0 Å². The van der Waals surface area contributed by atoms with Gasteiger partial charge >= 0.3 is 0 Å². The van der Waals surface area contributed by atoms with Crippen LogP contribution in [0.5, 0.6) is 0 Å². The Labute approximate surface area is 206 Å². The summed E-state index contributed by atoms with van der Waals surface area (Å²) < 4.78 is 3.81. The molecular formula is C28H33N7. The van der Waals surface area contributed by atoms with Gasteiger partial charge in [0.15, 0.2) is 11.6 Å². The van der Waals surface area contributed by atoms with Gasteiger partial charge < -0.3 is 0 Å². The zero-order chi connectivity index (χ0) is 25.5. The highest BCUT2D eigenvalue weighted by molar-refractivity contribution is 5.87. The van der Waals surface area contributed by atoms with E-state index in [1.807, 2.05) is 9.36 Å². The van der Waals surface area contributed by atoms with Crippen molar-refractivity contribution in [3.63, 3.8) is 0 Å². The molecule has 0 radical (unpaired) electrons. The Morgan fingerprint density at radius 1 is 0.371 bits per heavy atom. The number of hydrogen-bond acceptors (Lipinski definition) is 5. The third-order valence-electron chi connectivity index (χ3n) is 8.55. The molecule has 0 aliphatic carbocycles. The van der Waals surface area contributed by atoms with E-state index < -0.39 is 0 Å². The van der Waals surface area contributed by atoms with Gasteiger partial charge in [-0.3, -0.25) is 0 Å². The highest BCUT2D eigenvalue weighted by Gasteiger charge is 2.23. The molecule has 0 bridgehead atoms. The van der Waals surface area contributed by atoms with Crippen molar-refractivity contribution in [2.75, 3.05) is 0 Å². The van der Waals surface area contributed by atoms with Crippen LogP contribution in [0.1, 0.15) is 61.2 Å².